The second-order valence-electron chi connectivity index (χ2n) is 6.16. The minimum atomic E-state index is -0.515. The Bertz CT molecular complexity index is 789. The van der Waals surface area contributed by atoms with E-state index in [1.165, 1.54) is 0 Å². The van der Waals surface area contributed by atoms with Gasteiger partial charge in [0, 0.05) is 25.7 Å². The Morgan fingerprint density at radius 2 is 1.88 bits per heavy atom. The Balaban J connectivity index is 1.65. The molecule has 0 radical (unpaired) electrons. The maximum atomic E-state index is 12.7. The number of methoxy groups -OCH3 is 1. The zero-order valence-electron chi connectivity index (χ0n) is 15.0. The van der Waals surface area contributed by atoms with Crippen LogP contribution in [0.1, 0.15) is 11.1 Å². The molecule has 0 fully saturated rings. The average molecular weight is 353 g/mol. The number of nitrogens with zero attached hydrogens (tertiary/aromatic N) is 1. The number of ether oxygens (including phenoxy) is 1. The lowest BCUT2D eigenvalue weighted by Gasteiger charge is -2.24. The fraction of sp³-hybridized carbons (Fsp3) is 0.300. The third-order valence-electron chi connectivity index (χ3n) is 4.59. The van der Waals surface area contributed by atoms with Crippen LogP contribution in [0.15, 0.2) is 48.5 Å². The first kappa shape index (κ1) is 17.8. The van der Waals surface area contributed by atoms with Gasteiger partial charge >= 0.3 is 6.03 Å². The molecule has 2 aromatic carbocycles. The van der Waals surface area contributed by atoms with Crippen LogP contribution in [0.25, 0.3) is 0 Å². The molecule has 1 aliphatic rings. The van der Waals surface area contributed by atoms with Crippen molar-refractivity contribution in [3.05, 3.63) is 59.7 Å². The van der Waals surface area contributed by atoms with Gasteiger partial charge in [-0.3, -0.25) is 9.69 Å². The van der Waals surface area contributed by atoms with Gasteiger partial charge in [0.15, 0.2) is 0 Å². The van der Waals surface area contributed by atoms with Crippen LogP contribution in [0.5, 0.6) is 5.75 Å². The van der Waals surface area contributed by atoms with Crippen molar-refractivity contribution in [1.82, 2.24) is 10.6 Å². The van der Waals surface area contributed by atoms with Crippen molar-refractivity contribution in [2.75, 3.05) is 25.6 Å². The summed E-state index contributed by atoms with van der Waals surface area (Å²) in [5.74, 6) is 0.645. The van der Waals surface area contributed by atoms with Crippen LogP contribution in [0, 0.1) is 0 Å². The Kier molecular flexibility index (Phi) is 5.41. The summed E-state index contributed by atoms with van der Waals surface area (Å²) in [5.41, 5.74) is 2.91. The van der Waals surface area contributed by atoms with E-state index in [-0.39, 0.29) is 11.9 Å². The number of hydrogen-bond donors (Lipinski definition) is 2. The molecule has 3 amide bonds. The van der Waals surface area contributed by atoms with Gasteiger partial charge in [0.2, 0.25) is 5.91 Å². The lowest BCUT2D eigenvalue weighted by Crippen LogP contribution is -2.51. The van der Waals surface area contributed by atoms with Crippen LogP contribution < -0.4 is 20.3 Å². The van der Waals surface area contributed by atoms with E-state index < -0.39 is 6.04 Å². The number of nitrogens with one attached hydrogen (secondary N) is 2. The minimum Gasteiger partial charge on any atom is -0.497 e. The summed E-state index contributed by atoms with van der Waals surface area (Å²) in [6.45, 7) is 0.490. The third kappa shape index (κ3) is 3.64. The van der Waals surface area contributed by atoms with Gasteiger partial charge in [-0.05, 0) is 35.7 Å². The van der Waals surface area contributed by atoms with Gasteiger partial charge in [0.1, 0.15) is 11.8 Å². The van der Waals surface area contributed by atoms with Crippen molar-refractivity contribution in [3.8, 4) is 5.75 Å². The highest BCUT2D eigenvalue weighted by Gasteiger charge is 2.37. The van der Waals surface area contributed by atoms with Gasteiger partial charge in [-0.1, -0.05) is 30.3 Å². The molecule has 26 heavy (non-hydrogen) atoms. The highest BCUT2D eigenvalue weighted by Crippen LogP contribution is 2.32. The lowest BCUT2D eigenvalue weighted by molar-refractivity contribution is -0.121. The van der Waals surface area contributed by atoms with Crippen LogP contribution >= 0.6 is 0 Å². The average Bonchev–Trinajstić information content (AvgIpc) is 3.07. The van der Waals surface area contributed by atoms with Crippen molar-refractivity contribution in [3.63, 3.8) is 0 Å². The van der Waals surface area contributed by atoms with Crippen molar-refractivity contribution < 1.29 is 14.3 Å². The molecule has 0 aromatic heterocycles. The van der Waals surface area contributed by atoms with Crippen molar-refractivity contribution in [2.45, 2.75) is 18.9 Å². The van der Waals surface area contributed by atoms with Crippen LogP contribution in [-0.2, 0) is 17.6 Å². The number of carbonyl (C=O) groups excluding carboxylic acids is 2. The number of para-hydroxylation sites is 1. The molecule has 6 heteroatoms. The first-order valence-electron chi connectivity index (χ1n) is 8.63. The topological polar surface area (TPSA) is 70.7 Å². The van der Waals surface area contributed by atoms with Gasteiger partial charge in [-0.15, -0.1) is 0 Å². The summed E-state index contributed by atoms with van der Waals surface area (Å²) in [7, 11) is 3.22. The maximum absolute atomic E-state index is 12.7. The third-order valence-corrected chi connectivity index (χ3v) is 4.59. The number of anilines is 1. The van der Waals surface area contributed by atoms with Crippen LogP contribution in [-0.4, -0.2) is 38.7 Å². The predicted octanol–water partition coefficient (Wildman–Crippen LogP) is 2.12. The van der Waals surface area contributed by atoms with E-state index in [9.17, 15) is 9.59 Å². The van der Waals surface area contributed by atoms with E-state index in [0.717, 1.165) is 22.6 Å². The quantitative estimate of drug-likeness (QED) is 0.865. The van der Waals surface area contributed by atoms with E-state index in [1.54, 1.807) is 19.1 Å². The van der Waals surface area contributed by atoms with Gasteiger partial charge in [-0.25, -0.2) is 4.79 Å². The molecule has 1 atom stereocenters. The molecular formula is C20H23N3O3. The Hall–Kier alpha value is -3.02. The molecule has 0 bridgehead atoms. The summed E-state index contributed by atoms with van der Waals surface area (Å²) in [4.78, 5) is 26.5. The summed E-state index contributed by atoms with van der Waals surface area (Å²) in [6, 6.07) is 14.6. The molecule has 0 saturated heterocycles. The monoisotopic (exact) mass is 353 g/mol. The number of urea groups is 1. The summed E-state index contributed by atoms with van der Waals surface area (Å²) >= 11 is 0. The van der Waals surface area contributed by atoms with E-state index >= 15 is 0 Å². The van der Waals surface area contributed by atoms with Crippen molar-refractivity contribution >= 4 is 17.6 Å². The number of benzene rings is 2. The zero-order chi connectivity index (χ0) is 18.5. The molecule has 0 aliphatic carbocycles. The fourth-order valence-corrected chi connectivity index (χ4v) is 3.20. The molecule has 1 unspecified atom stereocenters. The molecule has 1 aliphatic heterocycles. The molecule has 6 nitrogen and oxygen atoms in total. The van der Waals surface area contributed by atoms with Gasteiger partial charge in [0.05, 0.1) is 7.11 Å². The lowest BCUT2D eigenvalue weighted by atomic mass is 10.1. The maximum Gasteiger partial charge on any atom is 0.322 e. The summed E-state index contributed by atoms with van der Waals surface area (Å²) in [5, 5.41) is 5.57. The highest BCUT2D eigenvalue weighted by atomic mass is 16.5. The second kappa shape index (κ2) is 7.91. The molecule has 136 valence electrons. The number of likely N-dealkylation sites (N-methyl/N-ethyl adjacent to an activating group) is 1. The molecule has 3 rings (SSSR count). The molecule has 1 heterocycles. The van der Waals surface area contributed by atoms with Gasteiger partial charge < -0.3 is 15.4 Å². The number of rotatable bonds is 5. The largest absolute Gasteiger partial charge is 0.497 e. The van der Waals surface area contributed by atoms with Crippen LogP contribution in [0.3, 0.4) is 0 Å². The normalized spacial score (nSPS) is 15.3. The van der Waals surface area contributed by atoms with Crippen molar-refractivity contribution in [1.29, 1.82) is 0 Å². The second-order valence-corrected chi connectivity index (χ2v) is 6.16. The number of amides is 3. The standard InChI is InChI=1S/C20H23N3O3/c1-21-19(24)18-13-15-5-3-4-6-17(15)23(18)20(25)22-12-11-14-7-9-16(26-2)10-8-14/h3-10,18H,11-13H2,1-2H3,(H,21,24)(H,22,25). The molecule has 2 aromatic rings. The highest BCUT2D eigenvalue weighted by molar-refractivity contribution is 6.02. The zero-order valence-corrected chi connectivity index (χ0v) is 15.0. The number of hydrogen-bond acceptors (Lipinski definition) is 3. The van der Waals surface area contributed by atoms with Gasteiger partial charge in [-0.2, -0.15) is 0 Å². The van der Waals surface area contributed by atoms with E-state index in [2.05, 4.69) is 10.6 Å². The summed E-state index contributed by atoms with van der Waals surface area (Å²) < 4.78 is 5.14. The number of fused-ring (bicyclic) bond motifs is 1. The molecule has 2 N–H and O–H groups in total. The van der Waals surface area contributed by atoms with E-state index in [1.807, 2.05) is 48.5 Å². The Labute approximate surface area is 153 Å². The fourth-order valence-electron chi connectivity index (χ4n) is 3.20. The molecule has 0 spiro atoms. The van der Waals surface area contributed by atoms with Crippen molar-refractivity contribution in [2.24, 2.45) is 0 Å². The van der Waals surface area contributed by atoms with E-state index in [4.69, 9.17) is 4.74 Å². The SMILES string of the molecule is CNC(=O)C1Cc2ccccc2N1C(=O)NCCc1ccc(OC)cc1. The predicted molar refractivity (Wildman–Crippen MR) is 101 cm³/mol. The minimum absolute atomic E-state index is 0.161. The Morgan fingerprint density at radius 1 is 1.15 bits per heavy atom. The first-order chi connectivity index (χ1) is 12.6. The smallest absolute Gasteiger partial charge is 0.322 e. The first-order valence-corrected chi connectivity index (χ1v) is 8.63. The van der Waals surface area contributed by atoms with Crippen LogP contribution in [0.4, 0.5) is 10.5 Å². The molecule has 0 saturated carbocycles. The molecular weight excluding hydrogens is 330 g/mol. The summed E-state index contributed by atoms with van der Waals surface area (Å²) in [6.07, 6.45) is 1.23. The Morgan fingerprint density at radius 3 is 2.58 bits per heavy atom. The van der Waals surface area contributed by atoms with E-state index in [0.29, 0.717) is 19.4 Å². The van der Waals surface area contributed by atoms with Gasteiger partial charge in [0.25, 0.3) is 0 Å². The number of carbonyl (C=O) groups is 2. The van der Waals surface area contributed by atoms with Crippen LogP contribution in [0.2, 0.25) is 0 Å².